The number of benzene rings is 1. The largest absolute Gasteiger partial charge is 0.392 e. The van der Waals surface area contributed by atoms with Crippen LogP contribution in [-0.4, -0.2) is 18.5 Å². The molecule has 0 amide bonds. The molecule has 0 spiro atoms. The summed E-state index contributed by atoms with van der Waals surface area (Å²) in [6, 6.07) is 2.94. The third-order valence-corrected chi connectivity index (χ3v) is 5.63. The summed E-state index contributed by atoms with van der Waals surface area (Å²) >= 11 is 7.35. The van der Waals surface area contributed by atoms with E-state index < -0.39 is 10.0 Å². The minimum atomic E-state index is -3.71. The number of aromatic nitrogens is 1. The Hall–Kier alpha value is -0.990. The van der Waals surface area contributed by atoms with Crippen LogP contribution >= 0.6 is 22.9 Å². The molecule has 0 aliphatic carbocycles. The summed E-state index contributed by atoms with van der Waals surface area (Å²) in [5.74, 6) is 0. The molecule has 0 saturated carbocycles. The van der Waals surface area contributed by atoms with Gasteiger partial charge in [0, 0.05) is 16.1 Å². The molecular weight excluding hydrogens is 332 g/mol. The number of nitrogens with zero attached hydrogens (tertiary/aromatic N) is 1. The van der Waals surface area contributed by atoms with E-state index in [0.717, 1.165) is 4.88 Å². The number of halogens is 1. The van der Waals surface area contributed by atoms with Crippen LogP contribution in [0.25, 0.3) is 0 Å². The Morgan fingerprint density at radius 2 is 2.10 bits per heavy atom. The number of thiazole rings is 1. The molecular formula is C13H15ClN2O3S2. The van der Waals surface area contributed by atoms with Gasteiger partial charge < -0.3 is 5.11 Å². The van der Waals surface area contributed by atoms with Crippen molar-refractivity contribution >= 4 is 33.0 Å². The molecule has 0 atom stereocenters. The molecule has 0 bridgehead atoms. The maximum Gasteiger partial charge on any atom is 0.241 e. The smallest absolute Gasteiger partial charge is 0.241 e. The Morgan fingerprint density at radius 1 is 1.38 bits per heavy atom. The van der Waals surface area contributed by atoms with E-state index in [1.165, 1.54) is 17.4 Å². The predicted molar refractivity (Wildman–Crippen MR) is 83.0 cm³/mol. The second kappa shape index (κ2) is 6.41. The van der Waals surface area contributed by atoms with E-state index in [4.69, 9.17) is 11.6 Å². The van der Waals surface area contributed by atoms with Gasteiger partial charge in [-0.25, -0.2) is 18.1 Å². The lowest BCUT2D eigenvalue weighted by Crippen LogP contribution is -2.24. The molecule has 2 N–H and O–H groups in total. The topological polar surface area (TPSA) is 79.3 Å². The lowest BCUT2D eigenvalue weighted by molar-refractivity contribution is 0.280. The van der Waals surface area contributed by atoms with Gasteiger partial charge in [0.15, 0.2) is 0 Å². The molecule has 1 heterocycles. The highest BCUT2D eigenvalue weighted by Crippen LogP contribution is 2.24. The molecule has 0 aliphatic heterocycles. The summed E-state index contributed by atoms with van der Waals surface area (Å²) in [6.45, 7) is 3.41. The van der Waals surface area contributed by atoms with E-state index in [1.807, 2.05) is 6.92 Å². The predicted octanol–water partition coefficient (Wildman–Crippen LogP) is 2.38. The van der Waals surface area contributed by atoms with Crippen molar-refractivity contribution in [3.05, 3.63) is 44.4 Å². The van der Waals surface area contributed by atoms with Gasteiger partial charge in [0.05, 0.1) is 18.0 Å². The highest BCUT2D eigenvalue weighted by atomic mass is 35.5. The second-order valence-corrected chi connectivity index (χ2v) is 8.03. The molecule has 1 aromatic carbocycles. The van der Waals surface area contributed by atoms with Crippen molar-refractivity contribution in [2.75, 3.05) is 0 Å². The van der Waals surface area contributed by atoms with Gasteiger partial charge in [-0.3, -0.25) is 0 Å². The third kappa shape index (κ3) is 3.81. The van der Waals surface area contributed by atoms with Crippen LogP contribution in [0.3, 0.4) is 0 Å². The van der Waals surface area contributed by atoms with Crippen molar-refractivity contribution < 1.29 is 13.5 Å². The summed E-state index contributed by atoms with van der Waals surface area (Å²) in [5, 5.41) is 10.2. The van der Waals surface area contributed by atoms with Crippen LogP contribution in [0.5, 0.6) is 0 Å². The number of sulfonamides is 1. The fourth-order valence-electron chi connectivity index (χ4n) is 1.87. The number of aryl methyl sites for hydroxylation is 1. The first kappa shape index (κ1) is 16.4. The molecule has 0 fully saturated rings. The average molecular weight is 347 g/mol. The normalized spacial score (nSPS) is 11.8. The number of rotatable bonds is 5. The summed E-state index contributed by atoms with van der Waals surface area (Å²) < 4.78 is 27.3. The molecule has 0 saturated heterocycles. The van der Waals surface area contributed by atoms with Crippen molar-refractivity contribution in [3.8, 4) is 0 Å². The van der Waals surface area contributed by atoms with Crippen LogP contribution in [-0.2, 0) is 23.2 Å². The van der Waals surface area contributed by atoms with Crippen molar-refractivity contribution in [3.63, 3.8) is 0 Å². The van der Waals surface area contributed by atoms with Crippen molar-refractivity contribution in [1.82, 2.24) is 9.71 Å². The van der Waals surface area contributed by atoms with Crippen molar-refractivity contribution in [1.29, 1.82) is 0 Å². The first-order valence-electron chi connectivity index (χ1n) is 6.14. The third-order valence-electron chi connectivity index (χ3n) is 2.97. The molecule has 0 unspecified atom stereocenters. The fourth-order valence-corrected chi connectivity index (χ4v) is 4.29. The zero-order chi connectivity index (χ0) is 15.6. The maximum absolute atomic E-state index is 12.4. The molecule has 8 heteroatoms. The van der Waals surface area contributed by atoms with Crippen LogP contribution in [0.2, 0.25) is 5.02 Å². The summed E-state index contributed by atoms with van der Waals surface area (Å²) in [4.78, 5) is 5.21. The quantitative estimate of drug-likeness (QED) is 0.871. The van der Waals surface area contributed by atoms with Crippen molar-refractivity contribution in [2.45, 2.75) is 31.9 Å². The van der Waals surface area contributed by atoms with Gasteiger partial charge in [0.25, 0.3) is 0 Å². The minimum absolute atomic E-state index is 0.0762. The standard InChI is InChI=1S/C13H15ClN2O3S2/c1-8-5-15-13(20-8)6-16-21(18,19)12-4-11(14)3-10(7-17)9(12)2/h3-5,16-17H,6-7H2,1-2H3. The Bertz CT molecular complexity index is 757. The van der Waals surface area contributed by atoms with Gasteiger partial charge in [-0.2, -0.15) is 0 Å². The van der Waals surface area contributed by atoms with E-state index in [9.17, 15) is 13.5 Å². The van der Waals surface area contributed by atoms with E-state index >= 15 is 0 Å². The Morgan fingerprint density at radius 3 is 2.67 bits per heavy atom. The first-order chi connectivity index (χ1) is 9.83. The Kier molecular flexibility index (Phi) is 5.00. The van der Waals surface area contributed by atoms with Crippen LogP contribution in [0.1, 0.15) is 21.0 Å². The summed E-state index contributed by atoms with van der Waals surface area (Å²) in [7, 11) is -3.71. The lowest BCUT2D eigenvalue weighted by Gasteiger charge is -2.12. The molecule has 0 aliphatic rings. The van der Waals surface area contributed by atoms with Crippen LogP contribution < -0.4 is 4.72 Å². The lowest BCUT2D eigenvalue weighted by atomic mass is 10.1. The molecule has 1 aromatic heterocycles. The molecule has 114 valence electrons. The van der Waals surface area contributed by atoms with Gasteiger partial charge in [-0.05, 0) is 37.1 Å². The zero-order valence-electron chi connectivity index (χ0n) is 11.6. The van der Waals surface area contributed by atoms with E-state index in [1.54, 1.807) is 19.2 Å². The van der Waals surface area contributed by atoms with Gasteiger partial charge in [0.2, 0.25) is 10.0 Å². The number of hydrogen-bond acceptors (Lipinski definition) is 5. The monoisotopic (exact) mass is 346 g/mol. The first-order valence-corrected chi connectivity index (χ1v) is 8.82. The zero-order valence-corrected chi connectivity index (χ0v) is 13.9. The van der Waals surface area contributed by atoms with Gasteiger partial charge in [-0.15, -0.1) is 11.3 Å². The molecule has 2 aromatic rings. The van der Waals surface area contributed by atoms with Gasteiger partial charge in [-0.1, -0.05) is 11.6 Å². The fraction of sp³-hybridized carbons (Fsp3) is 0.308. The van der Waals surface area contributed by atoms with Crippen LogP contribution in [0.4, 0.5) is 0 Å². The number of aliphatic hydroxyl groups excluding tert-OH is 1. The Labute approximate surface area is 132 Å². The number of aliphatic hydroxyl groups is 1. The number of hydrogen-bond donors (Lipinski definition) is 2. The average Bonchev–Trinajstić information content (AvgIpc) is 2.84. The van der Waals surface area contributed by atoms with Crippen LogP contribution in [0, 0.1) is 13.8 Å². The number of nitrogens with one attached hydrogen (secondary N) is 1. The van der Waals surface area contributed by atoms with Gasteiger partial charge >= 0.3 is 0 Å². The summed E-state index contributed by atoms with van der Waals surface area (Å²) in [6.07, 6.45) is 1.70. The Balaban J connectivity index is 2.29. The molecule has 21 heavy (non-hydrogen) atoms. The highest BCUT2D eigenvalue weighted by Gasteiger charge is 2.20. The van der Waals surface area contributed by atoms with Crippen LogP contribution in [0.15, 0.2) is 23.2 Å². The minimum Gasteiger partial charge on any atom is -0.392 e. The highest BCUT2D eigenvalue weighted by molar-refractivity contribution is 7.89. The van der Waals surface area contributed by atoms with Gasteiger partial charge in [0.1, 0.15) is 5.01 Å². The van der Waals surface area contributed by atoms with Crippen molar-refractivity contribution in [2.24, 2.45) is 0 Å². The SMILES string of the molecule is Cc1cnc(CNS(=O)(=O)c2cc(Cl)cc(CO)c2C)s1. The maximum atomic E-state index is 12.4. The second-order valence-electron chi connectivity index (χ2n) is 4.54. The molecule has 0 radical (unpaired) electrons. The molecule has 2 rings (SSSR count). The summed E-state index contributed by atoms with van der Waals surface area (Å²) in [5.41, 5.74) is 0.984. The van der Waals surface area contributed by atoms with E-state index in [2.05, 4.69) is 9.71 Å². The van der Waals surface area contributed by atoms with E-state index in [0.29, 0.717) is 16.1 Å². The van der Waals surface area contributed by atoms with E-state index in [-0.39, 0.29) is 23.1 Å². The molecule has 5 nitrogen and oxygen atoms in total.